The second kappa shape index (κ2) is 5.98. The maximum atomic E-state index is 14.1. The van der Waals surface area contributed by atoms with Gasteiger partial charge in [-0.15, -0.1) is 0 Å². The third-order valence-corrected chi connectivity index (χ3v) is 4.69. The van der Waals surface area contributed by atoms with Crippen molar-refractivity contribution in [2.45, 2.75) is 25.8 Å². The van der Waals surface area contributed by atoms with Gasteiger partial charge in [-0.1, -0.05) is 18.6 Å². The fourth-order valence-electron chi connectivity index (χ4n) is 3.67. The maximum absolute atomic E-state index is 14.1. The van der Waals surface area contributed by atoms with Crippen molar-refractivity contribution in [1.29, 1.82) is 0 Å². The maximum Gasteiger partial charge on any atom is 0.328 e. The highest BCUT2D eigenvalue weighted by molar-refractivity contribution is 5.85. The average molecular weight is 289 g/mol. The van der Waals surface area contributed by atoms with Crippen LogP contribution in [0.1, 0.15) is 30.4 Å². The molecule has 112 valence electrons. The minimum Gasteiger partial charge on any atom is -0.478 e. The molecule has 1 aromatic carbocycles. The minimum absolute atomic E-state index is 0.250. The highest BCUT2D eigenvalue weighted by Crippen LogP contribution is 2.38. The Morgan fingerprint density at radius 1 is 1.33 bits per heavy atom. The van der Waals surface area contributed by atoms with Crippen LogP contribution in [0.3, 0.4) is 0 Å². The number of carbonyl (C=O) groups is 1. The lowest BCUT2D eigenvalue weighted by molar-refractivity contribution is -0.131. The lowest BCUT2D eigenvalue weighted by Crippen LogP contribution is -2.21. The molecule has 1 N–H and O–H groups in total. The molecule has 4 heteroatoms. The summed E-state index contributed by atoms with van der Waals surface area (Å²) in [6.45, 7) is 2.83. The van der Waals surface area contributed by atoms with Gasteiger partial charge < -0.3 is 5.11 Å². The Morgan fingerprint density at radius 2 is 2.05 bits per heavy atom. The number of rotatable bonds is 4. The molecule has 0 aromatic heterocycles. The zero-order valence-corrected chi connectivity index (χ0v) is 12.0. The van der Waals surface area contributed by atoms with Crippen LogP contribution in [0.25, 0.3) is 6.08 Å². The van der Waals surface area contributed by atoms with Gasteiger partial charge in [-0.3, -0.25) is 4.90 Å². The summed E-state index contributed by atoms with van der Waals surface area (Å²) in [6, 6.07) is 4.95. The fourth-order valence-corrected chi connectivity index (χ4v) is 3.67. The van der Waals surface area contributed by atoms with Crippen molar-refractivity contribution < 1.29 is 14.3 Å². The number of aliphatic carboxylic acids is 1. The molecule has 0 radical (unpaired) electrons. The number of halogens is 1. The first-order chi connectivity index (χ1) is 10.1. The number of nitrogens with zero attached hydrogens (tertiary/aromatic N) is 1. The molecule has 1 aliphatic carbocycles. The monoisotopic (exact) mass is 289 g/mol. The molecule has 3 rings (SSSR count). The van der Waals surface area contributed by atoms with E-state index in [2.05, 4.69) is 4.90 Å². The largest absolute Gasteiger partial charge is 0.478 e. The molecule has 21 heavy (non-hydrogen) atoms. The number of carboxylic acids is 1. The van der Waals surface area contributed by atoms with Gasteiger partial charge in [0.05, 0.1) is 0 Å². The summed E-state index contributed by atoms with van der Waals surface area (Å²) in [5, 5.41) is 8.58. The van der Waals surface area contributed by atoms with Gasteiger partial charge in [-0.05, 0) is 42.4 Å². The third-order valence-electron chi connectivity index (χ3n) is 4.69. The van der Waals surface area contributed by atoms with Crippen LogP contribution in [0, 0.1) is 17.7 Å². The summed E-state index contributed by atoms with van der Waals surface area (Å²) in [5.41, 5.74) is 1.28. The van der Waals surface area contributed by atoms with Gasteiger partial charge in [0, 0.05) is 31.3 Å². The first kappa shape index (κ1) is 14.3. The van der Waals surface area contributed by atoms with Crippen molar-refractivity contribution >= 4 is 12.0 Å². The Bertz CT molecular complexity index is 558. The van der Waals surface area contributed by atoms with Gasteiger partial charge in [0.1, 0.15) is 5.82 Å². The number of benzene rings is 1. The van der Waals surface area contributed by atoms with E-state index in [9.17, 15) is 9.18 Å². The molecule has 2 atom stereocenters. The predicted octanol–water partition coefficient (Wildman–Crippen LogP) is 3.16. The van der Waals surface area contributed by atoms with Crippen LogP contribution >= 0.6 is 0 Å². The van der Waals surface area contributed by atoms with E-state index >= 15 is 0 Å². The van der Waals surface area contributed by atoms with Gasteiger partial charge >= 0.3 is 5.97 Å². The molecule has 0 bridgehead atoms. The summed E-state index contributed by atoms with van der Waals surface area (Å²) in [5.74, 6) is 0.347. The molecule has 1 heterocycles. The molecule has 0 amide bonds. The number of hydrogen-bond donors (Lipinski definition) is 1. The summed E-state index contributed by atoms with van der Waals surface area (Å²) in [6.07, 6.45) is 6.43. The third kappa shape index (κ3) is 3.32. The van der Waals surface area contributed by atoms with Crippen LogP contribution < -0.4 is 0 Å². The van der Waals surface area contributed by atoms with Gasteiger partial charge in [-0.25, -0.2) is 9.18 Å². The van der Waals surface area contributed by atoms with Crippen molar-refractivity contribution in [3.05, 3.63) is 41.2 Å². The Balaban J connectivity index is 1.65. The number of fused-ring (bicyclic) bond motifs is 1. The highest BCUT2D eigenvalue weighted by Gasteiger charge is 2.35. The first-order valence-corrected chi connectivity index (χ1v) is 7.53. The van der Waals surface area contributed by atoms with E-state index in [1.807, 2.05) is 0 Å². The summed E-state index contributed by atoms with van der Waals surface area (Å²) < 4.78 is 14.1. The zero-order chi connectivity index (χ0) is 14.8. The summed E-state index contributed by atoms with van der Waals surface area (Å²) in [4.78, 5) is 12.8. The van der Waals surface area contributed by atoms with E-state index in [1.165, 1.54) is 31.4 Å². The Labute approximate surface area is 124 Å². The Hall–Kier alpha value is -1.68. The Morgan fingerprint density at radius 3 is 2.67 bits per heavy atom. The standard InChI is InChI=1S/C17H20FNO2/c18-16-8-12(5-7-17(20)21)4-6-15(16)11-19-9-13-2-1-3-14(13)10-19/h4-8,13-14H,1-3,9-11H2,(H,20,21)/b7-5+. The van der Waals surface area contributed by atoms with Gasteiger partial charge in [0.15, 0.2) is 0 Å². The molecule has 1 aliphatic heterocycles. The number of carboxylic acid groups (broad SMARTS) is 1. The van der Waals surface area contributed by atoms with Crippen molar-refractivity contribution in [3.63, 3.8) is 0 Å². The fraction of sp³-hybridized carbons (Fsp3) is 0.471. The molecule has 2 aliphatic rings. The van der Waals surface area contributed by atoms with Gasteiger partial charge in [0.25, 0.3) is 0 Å². The molecule has 1 saturated heterocycles. The average Bonchev–Trinajstić information content (AvgIpc) is 3.00. The first-order valence-electron chi connectivity index (χ1n) is 7.53. The minimum atomic E-state index is -1.02. The second-order valence-electron chi connectivity index (χ2n) is 6.17. The van der Waals surface area contributed by atoms with Crippen LogP contribution in [0.5, 0.6) is 0 Å². The highest BCUT2D eigenvalue weighted by atomic mass is 19.1. The van der Waals surface area contributed by atoms with E-state index in [1.54, 1.807) is 12.1 Å². The van der Waals surface area contributed by atoms with Crippen molar-refractivity contribution in [2.75, 3.05) is 13.1 Å². The number of likely N-dealkylation sites (tertiary alicyclic amines) is 1. The summed E-state index contributed by atoms with van der Waals surface area (Å²) >= 11 is 0. The van der Waals surface area contributed by atoms with Gasteiger partial charge in [0.2, 0.25) is 0 Å². The van der Waals surface area contributed by atoms with Crippen LogP contribution in [-0.4, -0.2) is 29.1 Å². The predicted molar refractivity (Wildman–Crippen MR) is 79.2 cm³/mol. The SMILES string of the molecule is O=C(O)/C=C/c1ccc(CN2CC3CCCC3C2)c(F)c1. The molecular formula is C17H20FNO2. The van der Waals surface area contributed by atoms with Crippen LogP contribution in [0.2, 0.25) is 0 Å². The Kier molecular flexibility index (Phi) is 4.06. The lowest BCUT2D eigenvalue weighted by atomic mass is 10.0. The molecular weight excluding hydrogens is 269 g/mol. The lowest BCUT2D eigenvalue weighted by Gasteiger charge is -2.17. The van der Waals surface area contributed by atoms with Crippen molar-refractivity contribution in [2.24, 2.45) is 11.8 Å². The normalized spacial score (nSPS) is 25.6. The van der Waals surface area contributed by atoms with Crippen LogP contribution in [0.4, 0.5) is 4.39 Å². The van der Waals surface area contributed by atoms with Crippen molar-refractivity contribution in [1.82, 2.24) is 4.90 Å². The molecule has 2 fully saturated rings. The second-order valence-corrected chi connectivity index (χ2v) is 6.17. The van der Waals surface area contributed by atoms with E-state index in [4.69, 9.17) is 5.11 Å². The smallest absolute Gasteiger partial charge is 0.328 e. The molecule has 0 spiro atoms. The van der Waals surface area contributed by atoms with Gasteiger partial charge in [-0.2, -0.15) is 0 Å². The topological polar surface area (TPSA) is 40.5 Å². The molecule has 1 aromatic rings. The number of hydrogen-bond acceptors (Lipinski definition) is 2. The molecule has 3 nitrogen and oxygen atoms in total. The van der Waals surface area contributed by atoms with E-state index in [0.29, 0.717) is 17.7 Å². The van der Waals surface area contributed by atoms with E-state index in [-0.39, 0.29) is 5.82 Å². The molecule has 1 saturated carbocycles. The molecule has 2 unspecified atom stereocenters. The van der Waals surface area contributed by atoms with E-state index in [0.717, 1.165) is 31.0 Å². The summed E-state index contributed by atoms with van der Waals surface area (Å²) in [7, 11) is 0. The quantitative estimate of drug-likeness (QED) is 0.866. The zero-order valence-electron chi connectivity index (χ0n) is 12.0. The van der Waals surface area contributed by atoms with Crippen LogP contribution in [0.15, 0.2) is 24.3 Å². The van der Waals surface area contributed by atoms with Crippen LogP contribution in [-0.2, 0) is 11.3 Å². The van der Waals surface area contributed by atoms with E-state index < -0.39 is 5.97 Å². The van der Waals surface area contributed by atoms with Crippen molar-refractivity contribution in [3.8, 4) is 0 Å².